The van der Waals surface area contributed by atoms with Gasteiger partial charge in [0, 0.05) is 5.88 Å². The Kier molecular flexibility index (Phi) is 3.61. The van der Waals surface area contributed by atoms with Crippen LogP contribution in [-0.4, -0.2) is 5.88 Å². The van der Waals surface area contributed by atoms with Crippen LogP contribution in [0.5, 0.6) is 0 Å². The van der Waals surface area contributed by atoms with Crippen molar-refractivity contribution < 1.29 is 0 Å². The van der Waals surface area contributed by atoms with Gasteiger partial charge in [0.15, 0.2) is 0 Å². The van der Waals surface area contributed by atoms with Crippen molar-refractivity contribution in [1.29, 1.82) is 0 Å². The third-order valence-corrected chi connectivity index (χ3v) is 2.57. The molecule has 0 aliphatic carbocycles. The number of halogens is 1. The molecule has 0 saturated heterocycles. The number of hydrogen-bond donors (Lipinski definition) is 0. The summed E-state index contributed by atoms with van der Waals surface area (Å²) < 4.78 is 0. The van der Waals surface area contributed by atoms with E-state index in [0.29, 0.717) is 5.92 Å². The van der Waals surface area contributed by atoms with Crippen LogP contribution in [0.25, 0.3) is 0 Å². The fraction of sp³-hybridized carbons (Fsp3) is 0.455. The predicted molar refractivity (Wildman–Crippen MR) is 54.9 cm³/mol. The highest BCUT2D eigenvalue weighted by molar-refractivity contribution is 6.18. The first-order valence-corrected chi connectivity index (χ1v) is 4.94. The predicted octanol–water partition coefficient (Wildman–Crippen LogP) is 3.73. The normalized spacial score (nSPS) is 12.9. The van der Waals surface area contributed by atoms with Crippen molar-refractivity contribution >= 4 is 11.6 Å². The molecule has 0 aliphatic heterocycles. The summed E-state index contributed by atoms with van der Waals surface area (Å²) in [7, 11) is 0. The number of hydrogen-bond acceptors (Lipinski definition) is 0. The highest BCUT2D eigenvalue weighted by atomic mass is 35.5. The Labute approximate surface area is 79.6 Å². The molecule has 0 fully saturated rings. The summed E-state index contributed by atoms with van der Waals surface area (Å²) in [6.45, 7) is 4.29. The second kappa shape index (κ2) is 4.51. The van der Waals surface area contributed by atoms with Crippen molar-refractivity contribution in [1.82, 2.24) is 0 Å². The number of alkyl halides is 1. The molecule has 12 heavy (non-hydrogen) atoms. The Bertz CT molecular complexity index is 239. The largest absolute Gasteiger partial charge is 0.126 e. The molecule has 0 aromatic heterocycles. The van der Waals surface area contributed by atoms with Crippen LogP contribution in [0.1, 0.15) is 30.4 Å². The zero-order valence-electron chi connectivity index (χ0n) is 7.68. The first-order valence-electron chi connectivity index (χ1n) is 4.40. The van der Waals surface area contributed by atoms with Crippen molar-refractivity contribution in [2.75, 3.05) is 5.88 Å². The van der Waals surface area contributed by atoms with Gasteiger partial charge in [0.25, 0.3) is 0 Å². The minimum Gasteiger partial charge on any atom is -0.126 e. The van der Waals surface area contributed by atoms with Crippen molar-refractivity contribution in [2.24, 2.45) is 0 Å². The highest BCUT2D eigenvalue weighted by Crippen LogP contribution is 2.21. The summed E-state index contributed by atoms with van der Waals surface area (Å²) in [6, 6.07) is 8.59. The summed E-state index contributed by atoms with van der Waals surface area (Å²) >= 11 is 5.85. The molecule has 1 heteroatoms. The number of benzene rings is 1. The van der Waals surface area contributed by atoms with Crippen LogP contribution in [0.3, 0.4) is 0 Å². The maximum Gasteiger partial charge on any atom is 0.0292 e. The van der Waals surface area contributed by atoms with Crippen LogP contribution in [0, 0.1) is 6.92 Å². The second-order valence-corrected chi connectivity index (χ2v) is 3.48. The van der Waals surface area contributed by atoms with Gasteiger partial charge in [-0.25, -0.2) is 0 Å². The van der Waals surface area contributed by atoms with Crippen molar-refractivity contribution in [3.8, 4) is 0 Å². The first kappa shape index (κ1) is 9.60. The van der Waals surface area contributed by atoms with Gasteiger partial charge in [0.05, 0.1) is 0 Å². The summed E-state index contributed by atoms with van der Waals surface area (Å²) in [6.07, 6.45) is 1.12. The summed E-state index contributed by atoms with van der Waals surface area (Å²) in [4.78, 5) is 0. The van der Waals surface area contributed by atoms with Gasteiger partial charge >= 0.3 is 0 Å². The standard InChI is InChI=1S/C11H15Cl/c1-3-10(8-12)11-6-4-5-9(2)7-11/h4-7,10H,3,8H2,1-2H3. The van der Waals surface area contributed by atoms with E-state index in [0.717, 1.165) is 12.3 Å². The van der Waals surface area contributed by atoms with Crippen molar-refractivity contribution in [3.63, 3.8) is 0 Å². The van der Waals surface area contributed by atoms with Gasteiger partial charge in [-0.2, -0.15) is 0 Å². The summed E-state index contributed by atoms with van der Waals surface area (Å²) in [5.74, 6) is 1.24. The molecule has 0 saturated carbocycles. The van der Waals surface area contributed by atoms with E-state index in [-0.39, 0.29) is 0 Å². The van der Waals surface area contributed by atoms with E-state index in [2.05, 4.69) is 38.1 Å². The lowest BCUT2D eigenvalue weighted by atomic mass is 9.97. The van der Waals surface area contributed by atoms with E-state index in [1.165, 1.54) is 11.1 Å². The molecule has 1 aromatic carbocycles. The molecule has 0 N–H and O–H groups in total. The number of rotatable bonds is 3. The van der Waals surface area contributed by atoms with E-state index < -0.39 is 0 Å². The quantitative estimate of drug-likeness (QED) is 0.625. The molecule has 1 unspecified atom stereocenters. The topological polar surface area (TPSA) is 0 Å². The van der Waals surface area contributed by atoms with Gasteiger partial charge in [-0.15, -0.1) is 11.6 Å². The Morgan fingerprint density at radius 2 is 2.17 bits per heavy atom. The molecule has 0 radical (unpaired) electrons. The molecule has 66 valence electrons. The van der Waals surface area contributed by atoms with Gasteiger partial charge in [0.2, 0.25) is 0 Å². The van der Waals surface area contributed by atoms with Crippen LogP contribution in [0.15, 0.2) is 24.3 Å². The lowest BCUT2D eigenvalue weighted by molar-refractivity contribution is 0.739. The van der Waals surface area contributed by atoms with E-state index in [1.54, 1.807) is 0 Å². The fourth-order valence-corrected chi connectivity index (χ4v) is 1.75. The van der Waals surface area contributed by atoms with E-state index in [9.17, 15) is 0 Å². The third-order valence-electron chi connectivity index (χ3n) is 2.19. The fourth-order valence-electron chi connectivity index (χ4n) is 1.36. The monoisotopic (exact) mass is 182 g/mol. The maximum atomic E-state index is 5.85. The Hall–Kier alpha value is -0.490. The molecule has 0 heterocycles. The van der Waals surface area contributed by atoms with E-state index in [1.807, 2.05) is 0 Å². The average Bonchev–Trinajstić information content (AvgIpc) is 2.07. The zero-order chi connectivity index (χ0) is 8.97. The highest BCUT2D eigenvalue weighted by Gasteiger charge is 2.06. The van der Waals surface area contributed by atoms with Crippen LogP contribution in [0.2, 0.25) is 0 Å². The lowest BCUT2D eigenvalue weighted by Gasteiger charge is -2.11. The molecular weight excluding hydrogens is 168 g/mol. The molecular formula is C11H15Cl. The zero-order valence-corrected chi connectivity index (χ0v) is 8.43. The third kappa shape index (κ3) is 2.25. The van der Waals surface area contributed by atoms with Crippen LogP contribution in [0.4, 0.5) is 0 Å². The first-order chi connectivity index (χ1) is 5.77. The average molecular weight is 183 g/mol. The molecule has 0 nitrogen and oxygen atoms in total. The number of aryl methyl sites for hydroxylation is 1. The van der Waals surface area contributed by atoms with Crippen LogP contribution in [-0.2, 0) is 0 Å². The van der Waals surface area contributed by atoms with Gasteiger partial charge in [-0.1, -0.05) is 36.8 Å². The van der Waals surface area contributed by atoms with Gasteiger partial charge in [-0.05, 0) is 24.8 Å². The van der Waals surface area contributed by atoms with Gasteiger partial charge < -0.3 is 0 Å². The molecule has 1 rings (SSSR count). The Morgan fingerprint density at radius 1 is 1.42 bits per heavy atom. The Balaban J connectivity index is 2.85. The smallest absolute Gasteiger partial charge is 0.0292 e. The summed E-state index contributed by atoms with van der Waals surface area (Å²) in [5.41, 5.74) is 2.68. The van der Waals surface area contributed by atoms with Gasteiger partial charge in [0.1, 0.15) is 0 Å². The van der Waals surface area contributed by atoms with Crippen LogP contribution >= 0.6 is 11.6 Å². The molecule has 0 bridgehead atoms. The van der Waals surface area contributed by atoms with E-state index in [4.69, 9.17) is 11.6 Å². The van der Waals surface area contributed by atoms with Gasteiger partial charge in [-0.3, -0.25) is 0 Å². The maximum absolute atomic E-state index is 5.85. The van der Waals surface area contributed by atoms with Crippen LogP contribution < -0.4 is 0 Å². The van der Waals surface area contributed by atoms with Crippen molar-refractivity contribution in [3.05, 3.63) is 35.4 Å². The Morgan fingerprint density at radius 3 is 2.67 bits per heavy atom. The SMILES string of the molecule is CCC(CCl)c1cccc(C)c1. The molecule has 1 atom stereocenters. The molecule has 0 spiro atoms. The van der Waals surface area contributed by atoms with Crippen molar-refractivity contribution in [2.45, 2.75) is 26.2 Å². The molecule has 0 amide bonds. The summed E-state index contributed by atoms with van der Waals surface area (Å²) in [5, 5.41) is 0. The second-order valence-electron chi connectivity index (χ2n) is 3.17. The minimum atomic E-state index is 0.520. The molecule has 0 aliphatic rings. The minimum absolute atomic E-state index is 0.520. The molecule has 1 aromatic rings. The van der Waals surface area contributed by atoms with E-state index >= 15 is 0 Å². The lowest BCUT2D eigenvalue weighted by Crippen LogP contribution is -1.98.